The second kappa shape index (κ2) is 6.83. The topological polar surface area (TPSA) is 49.8 Å². The van der Waals surface area contributed by atoms with E-state index in [0.29, 0.717) is 12.1 Å². The van der Waals surface area contributed by atoms with Crippen LogP contribution in [-0.4, -0.2) is 25.9 Å². The minimum Gasteiger partial charge on any atom is -0.283 e. The molecule has 4 nitrogen and oxygen atoms in total. The highest BCUT2D eigenvalue weighted by molar-refractivity contribution is 7.74. The Labute approximate surface area is 106 Å². The molecule has 5 heteroatoms. The first-order valence-electron chi connectivity index (χ1n) is 6.85. The maximum atomic E-state index is 10.9. The molecule has 1 atom stereocenters. The third-order valence-electron chi connectivity index (χ3n) is 4.02. The van der Waals surface area contributed by atoms with Crippen LogP contribution < -0.4 is 0 Å². The Morgan fingerprint density at radius 1 is 0.882 bits per heavy atom. The van der Waals surface area contributed by atoms with Crippen LogP contribution in [0.4, 0.5) is 0 Å². The van der Waals surface area contributed by atoms with Crippen LogP contribution in [0, 0.1) is 0 Å². The van der Waals surface area contributed by atoms with Crippen molar-refractivity contribution in [2.75, 3.05) is 0 Å². The summed E-state index contributed by atoms with van der Waals surface area (Å²) in [5.74, 6) is 0. The lowest BCUT2D eigenvalue weighted by Gasteiger charge is -2.38. The van der Waals surface area contributed by atoms with E-state index >= 15 is 0 Å². The zero-order chi connectivity index (χ0) is 12.1. The van der Waals surface area contributed by atoms with E-state index in [1.54, 1.807) is 0 Å². The van der Waals surface area contributed by atoms with Gasteiger partial charge in [0.1, 0.15) is 0 Å². The van der Waals surface area contributed by atoms with E-state index in [4.69, 9.17) is 8.84 Å². The monoisotopic (exact) mass is 261 g/mol. The van der Waals surface area contributed by atoms with Crippen LogP contribution in [0.1, 0.15) is 64.2 Å². The molecule has 2 saturated carbocycles. The van der Waals surface area contributed by atoms with Crippen molar-refractivity contribution in [1.29, 1.82) is 0 Å². The van der Waals surface area contributed by atoms with Gasteiger partial charge in [-0.15, -0.1) is 0 Å². The first-order valence-corrected chi connectivity index (χ1v) is 7.88. The molecule has 0 spiro atoms. The van der Waals surface area contributed by atoms with Crippen molar-refractivity contribution in [3.05, 3.63) is 0 Å². The van der Waals surface area contributed by atoms with E-state index in [1.807, 2.05) is 5.06 Å². The predicted octanol–water partition coefficient (Wildman–Crippen LogP) is 3.02. The third kappa shape index (κ3) is 4.02. The molecule has 0 aliphatic heterocycles. The molecule has 0 bridgehead atoms. The summed E-state index contributed by atoms with van der Waals surface area (Å²) >= 11 is -2.17. The van der Waals surface area contributed by atoms with Crippen LogP contribution in [0.5, 0.6) is 0 Å². The second-order valence-corrected chi connectivity index (χ2v) is 5.82. The van der Waals surface area contributed by atoms with Crippen molar-refractivity contribution in [2.45, 2.75) is 76.3 Å². The molecule has 0 saturated heterocycles. The van der Waals surface area contributed by atoms with Gasteiger partial charge < -0.3 is 0 Å². The Morgan fingerprint density at radius 2 is 1.29 bits per heavy atom. The molecule has 0 heterocycles. The summed E-state index contributed by atoms with van der Waals surface area (Å²) in [6.07, 6.45) is 11.9. The summed E-state index contributed by atoms with van der Waals surface area (Å²) in [5, 5.41) is 1.87. The van der Waals surface area contributed by atoms with Crippen LogP contribution in [0.15, 0.2) is 0 Å². The fraction of sp³-hybridized carbons (Fsp3) is 1.00. The maximum absolute atomic E-state index is 10.9. The average Bonchev–Trinajstić information content (AvgIpc) is 2.38. The maximum Gasteiger partial charge on any atom is 0.319 e. The fourth-order valence-electron chi connectivity index (χ4n) is 3.16. The van der Waals surface area contributed by atoms with E-state index in [0.717, 1.165) is 25.7 Å². The van der Waals surface area contributed by atoms with Crippen LogP contribution in [-0.2, 0) is 15.6 Å². The van der Waals surface area contributed by atoms with Gasteiger partial charge >= 0.3 is 11.4 Å². The zero-order valence-electron chi connectivity index (χ0n) is 10.3. The van der Waals surface area contributed by atoms with Crippen molar-refractivity contribution in [3.8, 4) is 0 Å². The van der Waals surface area contributed by atoms with Gasteiger partial charge in [0.2, 0.25) is 0 Å². The third-order valence-corrected chi connectivity index (χ3v) is 4.32. The Hall–Kier alpha value is 0.0300. The number of hydroxylamine groups is 2. The standard InChI is InChI=1S/C12H23NO3S/c14-17(15)16-13(11-7-3-1-4-8-11)12-9-5-2-6-10-12/h11-12H,1-10H2,(H,14,15). The number of hydrogen-bond acceptors (Lipinski definition) is 3. The van der Waals surface area contributed by atoms with Gasteiger partial charge in [0.05, 0.1) is 0 Å². The van der Waals surface area contributed by atoms with Crippen molar-refractivity contribution < 1.29 is 13.0 Å². The molecule has 0 aromatic carbocycles. The highest BCUT2D eigenvalue weighted by atomic mass is 32.2. The first kappa shape index (κ1) is 13.5. The molecule has 2 fully saturated rings. The molecular formula is C12H23NO3S. The second-order valence-electron chi connectivity index (χ2n) is 5.24. The van der Waals surface area contributed by atoms with Gasteiger partial charge in [-0.25, -0.2) is 0 Å². The minimum absolute atomic E-state index is 0.350. The molecule has 17 heavy (non-hydrogen) atoms. The highest BCUT2D eigenvalue weighted by Crippen LogP contribution is 2.30. The summed E-state index contributed by atoms with van der Waals surface area (Å²) in [4.78, 5) is 0. The van der Waals surface area contributed by atoms with Crippen LogP contribution in [0.3, 0.4) is 0 Å². The minimum atomic E-state index is -2.17. The Morgan fingerprint density at radius 3 is 1.65 bits per heavy atom. The van der Waals surface area contributed by atoms with Gasteiger partial charge in [-0.3, -0.25) is 4.55 Å². The molecule has 1 unspecified atom stereocenters. The van der Waals surface area contributed by atoms with Gasteiger partial charge in [0.25, 0.3) is 0 Å². The fourth-order valence-corrected chi connectivity index (χ4v) is 3.56. The molecule has 0 amide bonds. The van der Waals surface area contributed by atoms with Gasteiger partial charge in [0.15, 0.2) is 0 Å². The zero-order valence-corrected chi connectivity index (χ0v) is 11.2. The highest BCUT2D eigenvalue weighted by Gasteiger charge is 2.31. The van der Waals surface area contributed by atoms with E-state index in [1.165, 1.54) is 38.5 Å². The first-order chi connectivity index (χ1) is 8.27. The Kier molecular flexibility index (Phi) is 5.41. The van der Waals surface area contributed by atoms with E-state index in [-0.39, 0.29) is 0 Å². The van der Waals surface area contributed by atoms with Crippen molar-refractivity contribution in [2.24, 2.45) is 0 Å². The van der Waals surface area contributed by atoms with Crippen molar-refractivity contribution in [1.82, 2.24) is 5.06 Å². The molecule has 2 rings (SSSR count). The summed E-state index contributed by atoms with van der Waals surface area (Å²) in [7, 11) is 0. The molecule has 0 aromatic rings. The lowest BCUT2D eigenvalue weighted by Crippen LogP contribution is -2.45. The van der Waals surface area contributed by atoms with Gasteiger partial charge in [-0.05, 0) is 25.7 Å². The summed E-state index contributed by atoms with van der Waals surface area (Å²) in [6.45, 7) is 0. The molecule has 2 aliphatic carbocycles. The summed E-state index contributed by atoms with van der Waals surface area (Å²) in [6, 6.07) is 0.700. The lowest BCUT2D eigenvalue weighted by atomic mass is 9.90. The molecular weight excluding hydrogens is 238 g/mol. The van der Waals surface area contributed by atoms with Crippen molar-refractivity contribution in [3.63, 3.8) is 0 Å². The molecule has 1 N–H and O–H groups in total. The van der Waals surface area contributed by atoms with Gasteiger partial charge in [-0.2, -0.15) is 13.6 Å². The number of rotatable bonds is 4. The summed E-state index contributed by atoms with van der Waals surface area (Å²) in [5.41, 5.74) is 0. The quantitative estimate of drug-likeness (QED) is 0.624. The molecule has 100 valence electrons. The molecule has 0 aromatic heterocycles. The van der Waals surface area contributed by atoms with E-state index in [2.05, 4.69) is 0 Å². The average molecular weight is 261 g/mol. The SMILES string of the molecule is O=S(O)ON(C1CCCCC1)C1CCCCC1. The van der Waals surface area contributed by atoms with E-state index < -0.39 is 11.4 Å². The lowest BCUT2D eigenvalue weighted by molar-refractivity contribution is -0.141. The van der Waals surface area contributed by atoms with Crippen LogP contribution >= 0.6 is 0 Å². The largest absolute Gasteiger partial charge is 0.319 e. The molecule has 2 aliphatic rings. The summed E-state index contributed by atoms with van der Waals surface area (Å²) < 4.78 is 25.1. The Bertz CT molecular complexity index is 232. The van der Waals surface area contributed by atoms with Crippen molar-refractivity contribution >= 4 is 11.4 Å². The van der Waals surface area contributed by atoms with E-state index in [9.17, 15) is 4.21 Å². The van der Waals surface area contributed by atoms with Gasteiger partial charge in [-0.1, -0.05) is 38.5 Å². The van der Waals surface area contributed by atoms with Crippen LogP contribution in [0.2, 0.25) is 0 Å². The van der Waals surface area contributed by atoms with Crippen LogP contribution in [0.25, 0.3) is 0 Å². The number of nitrogens with zero attached hydrogens (tertiary/aromatic N) is 1. The Balaban J connectivity index is 1.97. The molecule has 0 radical (unpaired) electrons. The number of hydrogen-bond donors (Lipinski definition) is 1. The van der Waals surface area contributed by atoms with Gasteiger partial charge in [0, 0.05) is 12.1 Å². The predicted molar refractivity (Wildman–Crippen MR) is 67.4 cm³/mol. The normalized spacial score (nSPS) is 26.2. The smallest absolute Gasteiger partial charge is 0.283 e.